The van der Waals surface area contributed by atoms with Crippen LogP contribution in [-0.4, -0.2) is 30.6 Å². The number of sulfonamides is 1. The monoisotopic (exact) mass is 604 g/mol. The van der Waals surface area contributed by atoms with Crippen molar-refractivity contribution >= 4 is 39.1 Å². The molecule has 0 aliphatic rings. The molecule has 228 valence electrons. The van der Waals surface area contributed by atoms with Gasteiger partial charge in [-0.25, -0.2) is 13.2 Å². The molecule has 9 nitrogen and oxygen atoms in total. The van der Waals surface area contributed by atoms with Gasteiger partial charge >= 0.3 is 6.03 Å². The Labute approximate surface area is 251 Å². The van der Waals surface area contributed by atoms with Crippen LogP contribution >= 0.6 is 11.5 Å². The molecular formula is C30H48N6O3S2. The summed E-state index contributed by atoms with van der Waals surface area (Å²) in [5.74, 6) is 0.327. The van der Waals surface area contributed by atoms with Crippen molar-refractivity contribution in [2.75, 3.05) is 15.9 Å². The molecule has 2 rings (SSSR count). The number of unbranched alkanes of at least 4 members (excludes halogenated alkanes) is 10. The molecule has 0 saturated heterocycles. The first-order valence-electron chi connectivity index (χ1n) is 15.2. The minimum atomic E-state index is -3.48. The Kier molecular flexibility index (Phi) is 16.2. The van der Waals surface area contributed by atoms with Crippen molar-refractivity contribution < 1.29 is 13.2 Å². The fraction of sp³-hybridized carbons (Fsp3) is 0.633. The summed E-state index contributed by atoms with van der Waals surface area (Å²) in [6, 6.07) is 8.79. The lowest BCUT2D eigenvalue weighted by Gasteiger charge is -2.17. The second-order valence-electron chi connectivity index (χ2n) is 10.5. The molecule has 0 bridgehead atoms. The van der Waals surface area contributed by atoms with Gasteiger partial charge < -0.3 is 5.32 Å². The van der Waals surface area contributed by atoms with E-state index in [0.717, 1.165) is 56.5 Å². The predicted octanol–water partition coefficient (Wildman–Crippen LogP) is 7.94. The van der Waals surface area contributed by atoms with Gasteiger partial charge in [-0.15, -0.1) is 0 Å². The molecule has 2 aromatic rings. The van der Waals surface area contributed by atoms with Crippen LogP contribution in [0.1, 0.15) is 116 Å². The zero-order valence-corrected chi connectivity index (χ0v) is 26.6. The molecule has 0 aliphatic heterocycles. The van der Waals surface area contributed by atoms with Crippen molar-refractivity contribution in [1.29, 1.82) is 5.26 Å². The number of nitrogens with one attached hydrogen (secondary N) is 4. The molecule has 4 N–H and O–H groups in total. The second-order valence-corrected chi connectivity index (χ2v) is 13.1. The molecule has 1 aromatic heterocycles. The Hall–Kier alpha value is -2.84. The Morgan fingerprint density at radius 1 is 0.976 bits per heavy atom. The first-order valence-corrected chi connectivity index (χ1v) is 17.6. The number of nitriles is 1. The molecule has 1 heterocycles. The highest BCUT2D eigenvalue weighted by molar-refractivity contribution is 7.92. The fourth-order valence-corrected chi connectivity index (χ4v) is 6.53. The molecule has 0 aliphatic carbocycles. The topological polar surface area (TPSA) is 136 Å². The number of nitrogens with zero attached hydrogens (tertiary/aromatic N) is 2. The number of amides is 2. The molecular weight excluding hydrogens is 557 g/mol. The van der Waals surface area contributed by atoms with E-state index in [2.05, 4.69) is 45.2 Å². The first kappa shape index (κ1) is 34.4. The van der Waals surface area contributed by atoms with E-state index in [1.165, 1.54) is 38.5 Å². The molecule has 0 saturated carbocycles. The van der Waals surface area contributed by atoms with Gasteiger partial charge in [0, 0.05) is 11.7 Å². The minimum Gasteiger partial charge on any atom is -0.334 e. The molecule has 2 amide bonds. The van der Waals surface area contributed by atoms with Gasteiger partial charge in [0.25, 0.3) is 0 Å². The highest BCUT2D eigenvalue weighted by Gasteiger charge is 2.18. The molecule has 0 fully saturated rings. The molecule has 1 unspecified atom stereocenters. The number of aromatic nitrogens is 1. The summed E-state index contributed by atoms with van der Waals surface area (Å²) in [7, 11) is -3.48. The van der Waals surface area contributed by atoms with Crippen molar-refractivity contribution in [1.82, 2.24) is 15.1 Å². The number of carbonyl (C=O) groups excluding carboxylic acids is 1. The molecule has 1 aromatic carbocycles. The van der Waals surface area contributed by atoms with Crippen LogP contribution in [0.2, 0.25) is 0 Å². The summed E-state index contributed by atoms with van der Waals surface area (Å²) >= 11 is 1.11. The maximum absolute atomic E-state index is 12.7. The van der Waals surface area contributed by atoms with Crippen molar-refractivity contribution in [2.45, 2.75) is 117 Å². The molecule has 0 radical (unpaired) electrons. The van der Waals surface area contributed by atoms with Crippen LogP contribution in [0.25, 0.3) is 10.4 Å². The number of hydrogen-bond donors (Lipinski definition) is 4. The van der Waals surface area contributed by atoms with Crippen LogP contribution in [0.15, 0.2) is 24.3 Å². The average molecular weight is 605 g/mol. The predicted molar refractivity (Wildman–Crippen MR) is 170 cm³/mol. The third kappa shape index (κ3) is 13.1. The van der Waals surface area contributed by atoms with Crippen LogP contribution in [0, 0.1) is 11.3 Å². The number of hydrogen-bond acceptors (Lipinski definition) is 7. The number of rotatable bonds is 21. The van der Waals surface area contributed by atoms with Gasteiger partial charge in [0.1, 0.15) is 11.6 Å². The van der Waals surface area contributed by atoms with E-state index in [1.807, 2.05) is 6.92 Å². The summed E-state index contributed by atoms with van der Waals surface area (Å²) in [6.07, 6.45) is 15.3. The Morgan fingerprint density at radius 3 is 2.27 bits per heavy atom. The van der Waals surface area contributed by atoms with Crippen LogP contribution in [0.5, 0.6) is 0 Å². The lowest BCUT2D eigenvalue weighted by Crippen LogP contribution is -2.44. The van der Waals surface area contributed by atoms with E-state index in [9.17, 15) is 18.5 Å². The number of anilines is 2. The van der Waals surface area contributed by atoms with Crippen LogP contribution in [-0.2, 0) is 10.0 Å². The van der Waals surface area contributed by atoms with Gasteiger partial charge in [0.05, 0.1) is 10.6 Å². The van der Waals surface area contributed by atoms with Crippen LogP contribution in [0.3, 0.4) is 0 Å². The standard InChI is InChI=1S/C30H48N6O3S2/c1-4-7-9-10-11-12-13-14-15-16-21-41(38,39)36-26-20-17-18-24(22-26)28-27(23-31)29(35-40-28)33-34-30(37)32-25(6-3)19-8-5-2/h17-18,20,22,25,36H,4-16,19,21H2,1-3H3,(H,33,35)(H2,32,34,37). The summed E-state index contributed by atoms with van der Waals surface area (Å²) in [6.45, 7) is 6.36. The van der Waals surface area contributed by atoms with Gasteiger partial charge in [-0.1, -0.05) is 104 Å². The average Bonchev–Trinajstić information content (AvgIpc) is 3.38. The van der Waals surface area contributed by atoms with E-state index >= 15 is 0 Å². The van der Waals surface area contributed by atoms with Crippen molar-refractivity contribution in [2.24, 2.45) is 0 Å². The van der Waals surface area contributed by atoms with Gasteiger partial charge in [-0.3, -0.25) is 15.6 Å². The van der Waals surface area contributed by atoms with E-state index in [-0.39, 0.29) is 29.2 Å². The Morgan fingerprint density at radius 2 is 1.63 bits per heavy atom. The van der Waals surface area contributed by atoms with Gasteiger partial charge in [0.2, 0.25) is 10.0 Å². The van der Waals surface area contributed by atoms with E-state index < -0.39 is 10.0 Å². The van der Waals surface area contributed by atoms with Gasteiger partial charge in [0.15, 0.2) is 5.82 Å². The quantitative estimate of drug-likeness (QED) is 0.0843. The van der Waals surface area contributed by atoms with E-state index in [4.69, 9.17) is 0 Å². The van der Waals surface area contributed by atoms with Crippen LogP contribution < -0.4 is 20.9 Å². The minimum absolute atomic E-state index is 0.0785. The zero-order valence-electron chi connectivity index (χ0n) is 24.9. The third-order valence-electron chi connectivity index (χ3n) is 7.00. The third-order valence-corrected chi connectivity index (χ3v) is 9.27. The largest absolute Gasteiger partial charge is 0.334 e. The highest BCUT2D eigenvalue weighted by atomic mass is 32.2. The Balaban J connectivity index is 1.88. The lowest BCUT2D eigenvalue weighted by molar-refractivity contribution is 0.237. The first-order chi connectivity index (χ1) is 19.8. The summed E-state index contributed by atoms with van der Waals surface area (Å²) in [5, 5.41) is 12.7. The maximum atomic E-state index is 12.7. The SMILES string of the molecule is CCCCCCCCCCCCS(=O)(=O)Nc1cccc(-c2snc(NNC(=O)NC(CC)CCCC)c2C#N)c1. The number of carbonyl (C=O) groups is 1. The Bertz CT molecular complexity index is 1190. The van der Waals surface area contributed by atoms with Gasteiger partial charge in [-0.2, -0.15) is 9.64 Å². The van der Waals surface area contributed by atoms with Crippen molar-refractivity contribution in [3.05, 3.63) is 29.8 Å². The molecule has 1 atom stereocenters. The normalized spacial score (nSPS) is 12.0. The smallest absolute Gasteiger partial charge is 0.333 e. The maximum Gasteiger partial charge on any atom is 0.333 e. The second kappa shape index (κ2) is 19.3. The molecule has 11 heteroatoms. The van der Waals surface area contributed by atoms with Crippen LogP contribution in [0.4, 0.5) is 16.3 Å². The lowest BCUT2D eigenvalue weighted by atomic mass is 10.1. The molecule has 0 spiro atoms. The number of benzene rings is 1. The van der Waals surface area contributed by atoms with E-state index in [0.29, 0.717) is 22.5 Å². The fourth-order valence-electron chi connectivity index (χ4n) is 4.58. The summed E-state index contributed by atoms with van der Waals surface area (Å²) < 4.78 is 32.4. The van der Waals surface area contributed by atoms with Crippen molar-refractivity contribution in [3.8, 4) is 16.5 Å². The van der Waals surface area contributed by atoms with E-state index in [1.54, 1.807) is 24.3 Å². The van der Waals surface area contributed by atoms with Crippen molar-refractivity contribution in [3.63, 3.8) is 0 Å². The summed E-state index contributed by atoms with van der Waals surface area (Å²) in [5.41, 5.74) is 6.70. The number of urea groups is 1. The summed E-state index contributed by atoms with van der Waals surface area (Å²) in [4.78, 5) is 12.9. The molecule has 41 heavy (non-hydrogen) atoms. The highest BCUT2D eigenvalue weighted by Crippen LogP contribution is 2.34. The zero-order chi connectivity index (χ0) is 29.9. The number of hydrazine groups is 1. The van der Waals surface area contributed by atoms with Gasteiger partial charge in [-0.05, 0) is 48.5 Å².